The van der Waals surface area contributed by atoms with Crippen molar-refractivity contribution in [2.75, 3.05) is 12.4 Å². The van der Waals surface area contributed by atoms with Crippen molar-refractivity contribution in [3.05, 3.63) is 95.0 Å². The smallest absolute Gasteiger partial charge is 0.337 e. The van der Waals surface area contributed by atoms with Crippen LogP contribution in [0, 0.1) is 0 Å². The molecule has 5 rings (SSSR count). The summed E-state index contributed by atoms with van der Waals surface area (Å²) in [4.78, 5) is 46.3. The first-order valence-electron chi connectivity index (χ1n) is 10.4. The number of methoxy groups -OCH3 is 1. The second-order valence-corrected chi connectivity index (χ2v) is 7.54. The summed E-state index contributed by atoms with van der Waals surface area (Å²) in [5.74, 6) is -0.404. The Balaban J connectivity index is 1.54. The number of para-hydroxylation sites is 2. The molecule has 0 fully saturated rings. The van der Waals surface area contributed by atoms with Crippen molar-refractivity contribution >= 4 is 34.4 Å². The molecule has 0 aliphatic heterocycles. The van der Waals surface area contributed by atoms with Crippen molar-refractivity contribution in [3.8, 4) is 11.3 Å². The van der Waals surface area contributed by atoms with Crippen LogP contribution in [0.15, 0.2) is 83.9 Å². The van der Waals surface area contributed by atoms with Crippen LogP contribution in [0.2, 0.25) is 0 Å². The number of rotatable bonds is 5. The molecule has 0 atom stereocenters. The SMILES string of the molecule is COC(=O)c1ccc(NC(=O)Cn2c3ccccc3n3c(=O)cc(-c4ccncc4)nc23)cc1. The fraction of sp³-hybridized carbons (Fsp3) is 0.0800. The van der Waals surface area contributed by atoms with E-state index < -0.39 is 5.97 Å². The lowest BCUT2D eigenvalue weighted by Crippen LogP contribution is -2.20. The van der Waals surface area contributed by atoms with Gasteiger partial charge in [-0.25, -0.2) is 14.2 Å². The fourth-order valence-corrected chi connectivity index (χ4v) is 3.84. The Hall–Kier alpha value is -4.79. The highest BCUT2D eigenvalue weighted by molar-refractivity contribution is 5.94. The standard InChI is InChI=1S/C25H19N5O4/c1-34-24(33)17-6-8-18(9-7-17)27-22(31)15-29-20-4-2-3-5-21(20)30-23(32)14-19(28-25(29)30)16-10-12-26-13-11-16/h2-14H,15H2,1H3,(H,27,31). The van der Waals surface area contributed by atoms with Gasteiger partial charge in [-0.2, -0.15) is 0 Å². The molecule has 0 aliphatic carbocycles. The number of aromatic nitrogens is 4. The van der Waals surface area contributed by atoms with Gasteiger partial charge in [0.1, 0.15) is 6.54 Å². The molecule has 3 aromatic heterocycles. The van der Waals surface area contributed by atoms with E-state index in [9.17, 15) is 14.4 Å². The number of amides is 1. The maximum absolute atomic E-state index is 13.0. The minimum atomic E-state index is -0.454. The fourth-order valence-electron chi connectivity index (χ4n) is 3.84. The van der Waals surface area contributed by atoms with Crippen LogP contribution in [0.5, 0.6) is 0 Å². The van der Waals surface area contributed by atoms with E-state index in [1.54, 1.807) is 53.4 Å². The average Bonchev–Trinajstić information content (AvgIpc) is 3.18. The number of nitrogens with one attached hydrogen (secondary N) is 1. The van der Waals surface area contributed by atoms with Crippen molar-refractivity contribution < 1.29 is 14.3 Å². The Morgan fingerprint density at radius 1 is 0.971 bits per heavy atom. The third-order valence-corrected chi connectivity index (χ3v) is 5.42. The monoisotopic (exact) mass is 453 g/mol. The largest absolute Gasteiger partial charge is 0.465 e. The van der Waals surface area contributed by atoms with Gasteiger partial charge in [-0.05, 0) is 48.5 Å². The lowest BCUT2D eigenvalue weighted by atomic mass is 10.2. The van der Waals surface area contributed by atoms with Crippen LogP contribution in [-0.2, 0) is 16.1 Å². The summed E-state index contributed by atoms with van der Waals surface area (Å²) in [6.07, 6.45) is 3.26. The van der Waals surface area contributed by atoms with Gasteiger partial charge in [0.15, 0.2) is 0 Å². The van der Waals surface area contributed by atoms with Crippen LogP contribution in [0.3, 0.4) is 0 Å². The van der Waals surface area contributed by atoms with Gasteiger partial charge in [0, 0.05) is 29.7 Å². The number of esters is 1. The van der Waals surface area contributed by atoms with E-state index >= 15 is 0 Å². The van der Waals surface area contributed by atoms with Gasteiger partial charge in [-0.15, -0.1) is 0 Å². The molecule has 168 valence electrons. The maximum Gasteiger partial charge on any atom is 0.337 e. The van der Waals surface area contributed by atoms with Gasteiger partial charge in [-0.1, -0.05) is 12.1 Å². The average molecular weight is 453 g/mol. The molecule has 3 heterocycles. The molecule has 0 bridgehead atoms. The zero-order valence-corrected chi connectivity index (χ0v) is 18.1. The van der Waals surface area contributed by atoms with Crippen molar-refractivity contribution in [2.24, 2.45) is 0 Å². The Bertz CT molecular complexity index is 1590. The number of imidazole rings is 1. The molecule has 0 unspecified atom stereocenters. The van der Waals surface area contributed by atoms with Crippen LogP contribution in [0.25, 0.3) is 28.1 Å². The highest BCUT2D eigenvalue weighted by atomic mass is 16.5. The molecule has 1 amide bonds. The van der Waals surface area contributed by atoms with Crippen LogP contribution in [-0.4, -0.2) is 37.9 Å². The van der Waals surface area contributed by atoms with Gasteiger partial charge in [-0.3, -0.25) is 14.6 Å². The Morgan fingerprint density at radius 3 is 2.38 bits per heavy atom. The number of ether oxygens (including phenoxy) is 1. The zero-order chi connectivity index (χ0) is 23.7. The first-order valence-corrected chi connectivity index (χ1v) is 10.4. The third kappa shape index (κ3) is 3.79. The molecule has 34 heavy (non-hydrogen) atoms. The van der Waals surface area contributed by atoms with Gasteiger partial charge in [0.25, 0.3) is 5.56 Å². The van der Waals surface area contributed by atoms with E-state index in [0.29, 0.717) is 33.8 Å². The summed E-state index contributed by atoms with van der Waals surface area (Å²) in [5.41, 5.74) is 3.28. The minimum Gasteiger partial charge on any atom is -0.465 e. The Kier molecular flexibility index (Phi) is 5.35. The number of hydrogen-bond donors (Lipinski definition) is 1. The van der Waals surface area contributed by atoms with E-state index in [1.165, 1.54) is 17.6 Å². The van der Waals surface area contributed by atoms with Gasteiger partial charge in [0.05, 0.1) is 29.4 Å². The highest BCUT2D eigenvalue weighted by Gasteiger charge is 2.17. The molecule has 0 aliphatic rings. The zero-order valence-electron chi connectivity index (χ0n) is 18.1. The number of nitrogens with zero attached hydrogens (tertiary/aromatic N) is 4. The van der Waals surface area contributed by atoms with E-state index in [0.717, 1.165) is 5.56 Å². The van der Waals surface area contributed by atoms with Crippen LogP contribution >= 0.6 is 0 Å². The lowest BCUT2D eigenvalue weighted by molar-refractivity contribution is -0.116. The lowest BCUT2D eigenvalue weighted by Gasteiger charge is -2.09. The number of fused-ring (bicyclic) bond motifs is 3. The highest BCUT2D eigenvalue weighted by Crippen LogP contribution is 2.22. The predicted molar refractivity (Wildman–Crippen MR) is 127 cm³/mol. The van der Waals surface area contributed by atoms with Gasteiger partial charge >= 0.3 is 5.97 Å². The summed E-state index contributed by atoms with van der Waals surface area (Å²) >= 11 is 0. The molecule has 2 aromatic carbocycles. The first-order chi connectivity index (χ1) is 16.5. The number of carbonyl (C=O) groups excluding carboxylic acids is 2. The number of hydrogen-bond acceptors (Lipinski definition) is 6. The molecular weight excluding hydrogens is 434 g/mol. The molecule has 0 spiro atoms. The van der Waals surface area contributed by atoms with Crippen LogP contribution in [0.1, 0.15) is 10.4 Å². The van der Waals surface area contributed by atoms with Crippen LogP contribution < -0.4 is 10.9 Å². The first kappa shape index (κ1) is 21.1. The number of benzene rings is 2. The summed E-state index contributed by atoms with van der Waals surface area (Å²) in [7, 11) is 1.31. The number of pyridine rings is 1. The van der Waals surface area contributed by atoms with Gasteiger partial charge < -0.3 is 14.6 Å². The summed E-state index contributed by atoms with van der Waals surface area (Å²) in [6, 6.07) is 18.8. The Morgan fingerprint density at radius 2 is 1.68 bits per heavy atom. The topological polar surface area (TPSA) is 108 Å². The molecule has 5 aromatic rings. The molecule has 9 heteroatoms. The van der Waals surface area contributed by atoms with Crippen molar-refractivity contribution in [3.63, 3.8) is 0 Å². The summed E-state index contributed by atoms with van der Waals surface area (Å²) < 4.78 is 7.90. The second kappa shape index (κ2) is 8.62. The number of anilines is 1. The maximum atomic E-state index is 13.0. The molecule has 1 N–H and O–H groups in total. The van der Waals surface area contributed by atoms with Gasteiger partial charge in [0.2, 0.25) is 11.7 Å². The second-order valence-electron chi connectivity index (χ2n) is 7.54. The molecule has 0 saturated heterocycles. The van der Waals surface area contributed by atoms with E-state index in [4.69, 9.17) is 9.72 Å². The summed E-state index contributed by atoms with van der Waals surface area (Å²) in [5, 5.41) is 2.82. The van der Waals surface area contributed by atoms with E-state index in [2.05, 4.69) is 10.3 Å². The minimum absolute atomic E-state index is 0.0675. The molecular formula is C25H19N5O4. The van der Waals surface area contributed by atoms with Crippen molar-refractivity contribution in [1.82, 2.24) is 18.9 Å². The third-order valence-electron chi connectivity index (χ3n) is 5.42. The quantitative estimate of drug-likeness (QED) is 0.410. The van der Waals surface area contributed by atoms with Crippen molar-refractivity contribution in [2.45, 2.75) is 6.54 Å². The normalized spacial score (nSPS) is 11.0. The predicted octanol–water partition coefficient (Wildman–Crippen LogP) is 3.14. The molecule has 9 nitrogen and oxygen atoms in total. The van der Waals surface area contributed by atoms with E-state index in [1.807, 2.05) is 24.3 Å². The molecule has 0 radical (unpaired) electrons. The summed E-state index contributed by atoms with van der Waals surface area (Å²) in [6.45, 7) is -0.0675. The molecule has 0 saturated carbocycles. The Labute approximate surface area is 193 Å². The number of carbonyl (C=O) groups is 2. The van der Waals surface area contributed by atoms with E-state index in [-0.39, 0.29) is 18.0 Å². The van der Waals surface area contributed by atoms with Crippen molar-refractivity contribution in [1.29, 1.82) is 0 Å². The van der Waals surface area contributed by atoms with Crippen LogP contribution in [0.4, 0.5) is 5.69 Å².